The lowest BCUT2D eigenvalue weighted by Crippen LogP contribution is -2.02. The van der Waals surface area contributed by atoms with Crippen LogP contribution in [0.1, 0.15) is 10.4 Å². The van der Waals surface area contributed by atoms with Crippen LogP contribution in [-0.2, 0) is 0 Å². The maximum Gasteiger partial charge on any atom is 0.339 e. The molecule has 0 fully saturated rings. The Morgan fingerprint density at radius 3 is 3.00 bits per heavy atom. The van der Waals surface area contributed by atoms with Crippen molar-refractivity contribution in [2.75, 3.05) is 5.32 Å². The molecule has 5 nitrogen and oxygen atoms in total. The second-order valence-electron chi connectivity index (χ2n) is 3.98. The maximum atomic E-state index is 11.1. The van der Waals surface area contributed by atoms with Crippen molar-refractivity contribution in [2.45, 2.75) is 0 Å². The number of fused-ring (bicyclic) bond motifs is 1. The Bertz CT molecular complexity index is 803. The molecule has 0 spiro atoms. The molecule has 0 amide bonds. The van der Waals surface area contributed by atoms with E-state index in [2.05, 4.69) is 15.3 Å². The van der Waals surface area contributed by atoms with Gasteiger partial charge < -0.3 is 10.4 Å². The number of rotatable bonds is 3. The maximum absolute atomic E-state index is 11.1. The van der Waals surface area contributed by atoms with Crippen molar-refractivity contribution in [3.63, 3.8) is 0 Å². The number of carboxylic acid groups (broad SMARTS) is 1. The molecule has 2 heterocycles. The van der Waals surface area contributed by atoms with Gasteiger partial charge in [0.25, 0.3) is 0 Å². The van der Waals surface area contributed by atoms with E-state index in [4.69, 9.17) is 16.7 Å². The lowest BCUT2D eigenvalue weighted by atomic mass is 10.2. The minimum Gasteiger partial charge on any atom is -0.478 e. The van der Waals surface area contributed by atoms with E-state index in [1.165, 1.54) is 23.7 Å². The van der Waals surface area contributed by atoms with E-state index in [0.29, 0.717) is 15.8 Å². The molecule has 1 aromatic carbocycles. The van der Waals surface area contributed by atoms with E-state index in [1.54, 1.807) is 12.1 Å². The number of carboxylic acids is 1. The predicted octanol–water partition coefficient (Wildman–Crippen LogP) is 3.79. The van der Waals surface area contributed by atoms with Crippen LogP contribution in [0.5, 0.6) is 0 Å². The minimum absolute atomic E-state index is 0.102. The number of aromatic carboxylic acids is 1. The molecule has 0 unspecified atom stereocenters. The summed E-state index contributed by atoms with van der Waals surface area (Å²) in [5, 5.41) is 13.4. The highest BCUT2D eigenvalue weighted by Crippen LogP contribution is 2.30. The lowest BCUT2D eigenvalue weighted by Gasteiger charge is -2.05. The molecule has 3 aromatic rings. The van der Waals surface area contributed by atoms with Gasteiger partial charge in [0.2, 0.25) is 0 Å². The van der Waals surface area contributed by atoms with Gasteiger partial charge in [-0.05, 0) is 24.3 Å². The molecule has 0 saturated carbocycles. The molecule has 100 valence electrons. The summed E-state index contributed by atoms with van der Waals surface area (Å²) in [6, 6.07) is 7.01. The summed E-state index contributed by atoms with van der Waals surface area (Å²) in [5.41, 5.74) is 1.37. The highest BCUT2D eigenvalue weighted by Gasteiger charge is 2.12. The zero-order valence-electron chi connectivity index (χ0n) is 10.0. The molecular formula is C13H8ClN3O2S. The number of thiazole rings is 1. The molecular weight excluding hydrogens is 298 g/mol. The lowest BCUT2D eigenvalue weighted by molar-refractivity contribution is 0.0697. The van der Waals surface area contributed by atoms with Crippen LogP contribution in [0.15, 0.2) is 36.7 Å². The summed E-state index contributed by atoms with van der Waals surface area (Å²) < 4.78 is 0.936. The number of anilines is 2. The predicted molar refractivity (Wildman–Crippen MR) is 79.1 cm³/mol. The Labute approximate surface area is 122 Å². The molecule has 0 aliphatic rings. The number of carbonyl (C=O) groups is 1. The fourth-order valence-corrected chi connectivity index (χ4v) is 2.90. The topological polar surface area (TPSA) is 75.1 Å². The zero-order valence-corrected chi connectivity index (χ0v) is 11.6. The second kappa shape index (κ2) is 5.07. The van der Waals surface area contributed by atoms with Crippen molar-refractivity contribution in [1.29, 1.82) is 0 Å². The van der Waals surface area contributed by atoms with Crippen molar-refractivity contribution in [1.82, 2.24) is 9.97 Å². The van der Waals surface area contributed by atoms with Gasteiger partial charge >= 0.3 is 5.97 Å². The summed E-state index contributed by atoms with van der Waals surface area (Å²) in [6.45, 7) is 0. The quantitative estimate of drug-likeness (QED) is 0.770. The average molecular weight is 306 g/mol. The second-order valence-corrected chi connectivity index (χ2v) is 5.45. The zero-order chi connectivity index (χ0) is 14.1. The third kappa shape index (κ3) is 2.43. The van der Waals surface area contributed by atoms with Crippen molar-refractivity contribution < 1.29 is 9.90 Å². The Morgan fingerprint density at radius 1 is 1.35 bits per heavy atom. The summed E-state index contributed by atoms with van der Waals surface area (Å²) in [4.78, 5) is 19.3. The molecule has 3 rings (SSSR count). The van der Waals surface area contributed by atoms with Crippen LogP contribution in [0.4, 0.5) is 10.8 Å². The van der Waals surface area contributed by atoms with Crippen LogP contribution in [0.25, 0.3) is 10.2 Å². The first-order valence-corrected chi connectivity index (χ1v) is 6.83. The summed E-state index contributed by atoms with van der Waals surface area (Å²) in [7, 11) is 0. The minimum atomic E-state index is -1.04. The smallest absolute Gasteiger partial charge is 0.339 e. The summed E-state index contributed by atoms with van der Waals surface area (Å²) in [6.07, 6.45) is 2.83. The van der Waals surface area contributed by atoms with Crippen LogP contribution in [0, 0.1) is 0 Å². The number of benzene rings is 1. The van der Waals surface area contributed by atoms with Gasteiger partial charge in [0.05, 0.1) is 15.9 Å². The molecule has 0 atom stereocenters. The Kier molecular flexibility index (Phi) is 3.25. The molecule has 0 radical (unpaired) electrons. The standard InChI is InChI=1S/C13H8ClN3O2S/c14-7-1-2-10-11(5-7)20-13(17-10)16-9-3-4-15-6-8(9)12(18)19/h1-6H,(H,18,19)(H,15,16,17). The normalized spacial score (nSPS) is 10.7. The first-order chi connectivity index (χ1) is 9.63. The van der Waals surface area contributed by atoms with E-state index in [0.717, 1.165) is 10.2 Å². The van der Waals surface area contributed by atoms with Crippen molar-refractivity contribution in [3.05, 3.63) is 47.2 Å². The number of hydrogen-bond donors (Lipinski definition) is 2. The van der Waals surface area contributed by atoms with Gasteiger partial charge in [-0.2, -0.15) is 0 Å². The fraction of sp³-hybridized carbons (Fsp3) is 0. The van der Waals surface area contributed by atoms with Crippen LogP contribution < -0.4 is 5.32 Å². The van der Waals surface area contributed by atoms with Gasteiger partial charge in [-0.1, -0.05) is 22.9 Å². The monoisotopic (exact) mass is 305 g/mol. The van der Waals surface area contributed by atoms with Crippen LogP contribution in [0.3, 0.4) is 0 Å². The molecule has 2 aromatic heterocycles. The van der Waals surface area contributed by atoms with Gasteiger partial charge in [0.15, 0.2) is 5.13 Å². The molecule has 2 N–H and O–H groups in total. The van der Waals surface area contributed by atoms with E-state index in [-0.39, 0.29) is 5.56 Å². The highest BCUT2D eigenvalue weighted by molar-refractivity contribution is 7.22. The van der Waals surface area contributed by atoms with E-state index in [1.807, 2.05) is 12.1 Å². The van der Waals surface area contributed by atoms with Crippen LogP contribution in [-0.4, -0.2) is 21.0 Å². The molecule has 20 heavy (non-hydrogen) atoms. The van der Waals surface area contributed by atoms with E-state index in [9.17, 15) is 4.79 Å². The van der Waals surface area contributed by atoms with Crippen molar-refractivity contribution in [3.8, 4) is 0 Å². The number of pyridine rings is 1. The number of aromatic nitrogens is 2. The van der Waals surface area contributed by atoms with Gasteiger partial charge in [-0.3, -0.25) is 4.98 Å². The van der Waals surface area contributed by atoms with Crippen LogP contribution >= 0.6 is 22.9 Å². The van der Waals surface area contributed by atoms with Gasteiger partial charge in [-0.15, -0.1) is 0 Å². The molecule has 7 heteroatoms. The number of halogens is 1. The largest absolute Gasteiger partial charge is 0.478 e. The van der Waals surface area contributed by atoms with Gasteiger partial charge in [0, 0.05) is 17.4 Å². The first-order valence-electron chi connectivity index (χ1n) is 5.64. The van der Waals surface area contributed by atoms with E-state index >= 15 is 0 Å². The number of hydrogen-bond acceptors (Lipinski definition) is 5. The van der Waals surface area contributed by atoms with Gasteiger partial charge in [0.1, 0.15) is 5.56 Å². The molecule has 0 aliphatic heterocycles. The molecule has 0 aliphatic carbocycles. The van der Waals surface area contributed by atoms with Crippen LogP contribution in [0.2, 0.25) is 5.02 Å². The SMILES string of the molecule is O=C(O)c1cnccc1Nc1nc2ccc(Cl)cc2s1. The van der Waals surface area contributed by atoms with Crippen molar-refractivity contribution in [2.24, 2.45) is 0 Å². The summed E-state index contributed by atoms with van der Waals surface area (Å²) in [5.74, 6) is -1.04. The third-order valence-corrected chi connectivity index (χ3v) is 3.81. The Hall–Kier alpha value is -2.18. The third-order valence-electron chi connectivity index (χ3n) is 2.64. The Balaban J connectivity index is 1.99. The summed E-state index contributed by atoms with van der Waals surface area (Å²) >= 11 is 7.33. The van der Waals surface area contributed by atoms with Gasteiger partial charge in [-0.25, -0.2) is 9.78 Å². The van der Waals surface area contributed by atoms with E-state index < -0.39 is 5.97 Å². The Morgan fingerprint density at radius 2 is 2.20 bits per heavy atom. The average Bonchev–Trinajstić information content (AvgIpc) is 2.80. The number of nitrogens with zero attached hydrogens (tertiary/aromatic N) is 2. The molecule has 0 saturated heterocycles. The number of nitrogens with one attached hydrogen (secondary N) is 1. The first kappa shape index (κ1) is 12.8. The highest BCUT2D eigenvalue weighted by atomic mass is 35.5. The van der Waals surface area contributed by atoms with Crippen molar-refractivity contribution >= 4 is 49.9 Å². The molecule has 0 bridgehead atoms. The fourth-order valence-electron chi connectivity index (χ4n) is 1.74.